The largest absolute Gasteiger partial charge is 0.386 e. The van der Waals surface area contributed by atoms with Crippen LogP contribution in [0.4, 0.5) is 0 Å². The number of hydrogen-bond acceptors (Lipinski definition) is 3. The number of hydrogen-bond donors (Lipinski definition) is 1. The fourth-order valence-corrected chi connectivity index (χ4v) is 2.29. The number of benzene rings is 2. The Morgan fingerprint density at radius 1 is 1.21 bits per heavy atom. The van der Waals surface area contributed by atoms with Crippen molar-refractivity contribution in [1.29, 1.82) is 0 Å². The molecule has 2 rings (SSSR count). The normalized spacial score (nSPS) is 12.1. The van der Waals surface area contributed by atoms with Gasteiger partial charge >= 0.3 is 0 Å². The maximum atomic E-state index is 11.8. The van der Waals surface area contributed by atoms with E-state index in [0.29, 0.717) is 5.02 Å². The lowest BCUT2D eigenvalue weighted by Crippen LogP contribution is -2.35. The van der Waals surface area contributed by atoms with Crippen LogP contribution < -0.4 is 5.32 Å². The zero-order chi connectivity index (χ0) is 17.2. The van der Waals surface area contributed by atoms with Gasteiger partial charge in [0.15, 0.2) is 6.61 Å². The predicted octanol–water partition coefficient (Wildman–Crippen LogP) is 3.83. The van der Waals surface area contributed by atoms with Crippen molar-refractivity contribution in [2.24, 2.45) is 5.16 Å². The summed E-state index contributed by atoms with van der Waals surface area (Å²) in [6.07, 6.45) is 3.35. The molecular formula is C19H21ClN2O2. The molecule has 0 aliphatic rings. The summed E-state index contributed by atoms with van der Waals surface area (Å²) in [5.41, 5.74) is 2.12. The van der Waals surface area contributed by atoms with Gasteiger partial charge in [0.05, 0.1) is 6.21 Å². The number of oxime groups is 1. The summed E-state index contributed by atoms with van der Waals surface area (Å²) < 4.78 is 0. The minimum Gasteiger partial charge on any atom is -0.386 e. The smallest absolute Gasteiger partial charge is 0.260 e. The van der Waals surface area contributed by atoms with Gasteiger partial charge in [-0.25, -0.2) is 0 Å². The molecule has 0 aliphatic carbocycles. The first-order valence-electron chi connectivity index (χ1n) is 7.87. The lowest BCUT2D eigenvalue weighted by Gasteiger charge is -2.13. The number of halogens is 1. The molecule has 126 valence electrons. The maximum absolute atomic E-state index is 11.8. The van der Waals surface area contributed by atoms with E-state index in [1.165, 1.54) is 5.56 Å². The highest BCUT2D eigenvalue weighted by molar-refractivity contribution is 6.30. The van der Waals surface area contributed by atoms with E-state index in [1.807, 2.05) is 37.3 Å². The molecule has 0 saturated carbocycles. The lowest BCUT2D eigenvalue weighted by molar-refractivity contribution is -0.126. The lowest BCUT2D eigenvalue weighted by atomic mass is 10.1. The summed E-state index contributed by atoms with van der Waals surface area (Å²) in [6, 6.07) is 17.5. The second-order valence-corrected chi connectivity index (χ2v) is 5.99. The van der Waals surface area contributed by atoms with Crippen molar-refractivity contribution in [2.45, 2.75) is 25.8 Å². The Labute approximate surface area is 147 Å². The predicted molar refractivity (Wildman–Crippen MR) is 97.4 cm³/mol. The monoisotopic (exact) mass is 344 g/mol. The van der Waals surface area contributed by atoms with Gasteiger partial charge in [0, 0.05) is 11.1 Å². The SMILES string of the molecule is C[C@@H](CCc1ccccc1)NC(=O)CO/N=C\c1ccc(Cl)cc1. The topological polar surface area (TPSA) is 50.7 Å². The zero-order valence-electron chi connectivity index (χ0n) is 13.6. The van der Waals surface area contributed by atoms with Crippen LogP contribution in [0.15, 0.2) is 59.8 Å². The molecule has 0 spiro atoms. The van der Waals surface area contributed by atoms with E-state index in [2.05, 4.69) is 22.6 Å². The van der Waals surface area contributed by atoms with Crippen LogP contribution in [0.2, 0.25) is 5.02 Å². The average molecular weight is 345 g/mol. The number of nitrogens with one attached hydrogen (secondary N) is 1. The van der Waals surface area contributed by atoms with Crippen molar-refractivity contribution >= 4 is 23.7 Å². The number of aryl methyl sites for hydroxylation is 1. The molecule has 1 atom stereocenters. The fourth-order valence-electron chi connectivity index (χ4n) is 2.16. The molecule has 0 heterocycles. The van der Waals surface area contributed by atoms with Gasteiger partial charge in [-0.05, 0) is 43.0 Å². The third-order valence-corrected chi connectivity index (χ3v) is 3.71. The molecule has 0 aromatic heterocycles. The molecule has 2 aromatic rings. The highest BCUT2D eigenvalue weighted by Crippen LogP contribution is 2.08. The summed E-state index contributed by atoms with van der Waals surface area (Å²) in [4.78, 5) is 16.8. The third kappa shape index (κ3) is 6.84. The number of carbonyl (C=O) groups excluding carboxylic acids is 1. The van der Waals surface area contributed by atoms with Gasteiger partial charge in [-0.2, -0.15) is 0 Å². The van der Waals surface area contributed by atoms with Crippen LogP contribution in [-0.4, -0.2) is 24.8 Å². The molecule has 0 unspecified atom stereocenters. The Morgan fingerprint density at radius 2 is 1.92 bits per heavy atom. The molecule has 0 bridgehead atoms. The Morgan fingerprint density at radius 3 is 2.62 bits per heavy atom. The average Bonchev–Trinajstić information content (AvgIpc) is 2.59. The number of amides is 1. The summed E-state index contributed by atoms with van der Waals surface area (Å²) in [5, 5.41) is 7.35. The summed E-state index contributed by atoms with van der Waals surface area (Å²) in [5.74, 6) is -0.177. The van der Waals surface area contributed by atoms with Crippen LogP contribution in [0.25, 0.3) is 0 Å². The van der Waals surface area contributed by atoms with E-state index in [-0.39, 0.29) is 18.6 Å². The first kappa shape index (κ1) is 18.0. The molecule has 0 saturated heterocycles. The fraction of sp³-hybridized carbons (Fsp3) is 0.263. The first-order valence-corrected chi connectivity index (χ1v) is 8.25. The third-order valence-electron chi connectivity index (χ3n) is 3.46. The van der Waals surface area contributed by atoms with Gasteiger partial charge < -0.3 is 10.2 Å². The molecule has 1 amide bonds. The van der Waals surface area contributed by atoms with E-state index in [0.717, 1.165) is 18.4 Å². The van der Waals surface area contributed by atoms with Gasteiger partial charge in [0.1, 0.15) is 0 Å². The van der Waals surface area contributed by atoms with Gasteiger partial charge in [-0.3, -0.25) is 4.79 Å². The van der Waals surface area contributed by atoms with Gasteiger partial charge in [-0.15, -0.1) is 0 Å². The number of nitrogens with zero attached hydrogens (tertiary/aromatic N) is 1. The Bertz CT molecular complexity index is 657. The van der Waals surface area contributed by atoms with Crippen molar-refractivity contribution < 1.29 is 9.63 Å². The maximum Gasteiger partial charge on any atom is 0.260 e. The minimum atomic E-state index is -0.177. The molecule has 2 aromatic carbocycles. The van der Waals surface area contributed by atoms with Crippen LogP contribution in [0.3, 0.4) is 0 Å². The zero-order valence-corrected chi connectivity index (χ0v) is 14.4. The highest BCUT2D eigenvalue weighted by Gasteiger charge is 2.07. The van der Waals surface area contributed by atoms with Crippen molar-refractivity contribution in [3.8, 4) is 0 Å². The van der Waals surface area contributed by atoms with Crippen LogP contribution in [0.5, 0.6) is 0 Å². The van der Waals surface area contributed by atoms with Crippen molar-refractivity contribution in [2.75, 3.05) is 6.61 Å². The summed E-state index contributed by atoms with van der Waals surface area (Å²) in [6.45, 7) is 1.89. The van der Waals surface area contributed by atoms with E-state index in [4.69, 9.17) is 16.4 Å². The van der Waals surface area contributed by atoms with E-state index in [1.54, 1.807) is 18.3 Å². The van der Waals surface area contributed by atoms with Crippen LogP contribution >= 0.6 is 11.6 Å². The minimum absolute atomic E-state index is 0.0848. The van der Waals surface area contributed by atoms with Crippen LogP contribution in [0.1, 0.15) is 24.5 Å². The standard InChI is InChI=1S/C19H21ClN2O2/c1-15(7-8-16-5-3-2-4-6-16)22-19(23)14-24-21-13-17-9-11-18(20)12-10-17/h2-6,9-13,15H,7-8,14H2,1H3,(H,22,23)/b21-13-/t15-/m0/s1. The number of carbonyl (C=O) groups is 1. The Hall–Kier alpha value is -2.33. The molecule has 0 radical (unpaired) electrons. The van der Waals surface area contributed by atoms with Crippen molar-refractivity contribution in [3.63, 3.8) is 0 Å². The van der Waals surface area contributed by atoms with Crippen molar-refractivity contribution in [3.05, 3.63) is 70.7 Å². The molecule has 0 fully saturated rings. The molecule has 1 N–H and O–H groups in total. The molecular weight excluding hydrogens is 324 g/mol. The second kappa shape index (κ2) is 9.73. The molecule has 5 heteroatoms. The highest BCUT2D eigenvalue weighted by atomic mass is 35.5. The first-order chi connectivity index (χ1) is 11.6. The van der Waals surface area contributed by atoms with Gasteiger partial charge in [-0.1, -0.05) is 59.2 Å². The summed E-state index contributed by atoms with van der Waals surface area (Å²) in [7, 11) is 0. The van der Waals surface area contributed by atoms with E-state index < -0.39 is 0 Å². The Kier molecular flexibility index (Phi) is 7.30. The Balaban J connectivity index is 1.64. The second-order valence-electron chi connectivity index (χ2n) is 5.55. The van der Waals surface area contributed by atoms with E-state index >= 15 is 0 Å². The van der Waals surface area contributed by atoms with Crippen LogP contribution in [-0.2, 0) is 16.1 Å². The van der Waals surface area contributed by atoms with Gasteiger partial charge in [0.2, 0.25) is 0 Å². The quantitative estimate of drug-likeness (QED) is 0.584. The molecule has 24 heavy (non-hydrogen) atoms. The van der Waals surface area contributed by atoms with E-state index in [9.17, 15) is 4.79 Å². The van der Waals surface area contributed by atoms with Gasteiger partial charge in [0.25, 0.3) is 5.91 Å². The van der Waals surface area contributed by atoms with Crippen molar-refractivity contribution in [1.82, 2.24) is 5.32 Å². The van der Waals surface area contributed by atoms with Crippen LogP contribution in [0, 0.1) is 0 Å². The summed E-state index contributed by atoms with van der Waals surface area (Å²) >= 11 is 5.80. The number of rotatable bonds is 8. The molecule has 4 nitrogen and oxygen atoms in total. The molecule has 0 aliphatic heterocycles.